The molecule has 6 heteroatoms. The molecule has 2 N–H and O–H groups in total. The predicted octanol–water partition coefficient (Wildman–Crippen LogP) is 4.63. The van der Waals surface area contributed by atoms with E-state index < -0.39 is 0 Å². The summed E-state index contributed by atoms with van der Waals surface area (Å²) in [5, 5.41) is 14.6. The normalized spacial score (nSPS) is 27.5. The molecule has 2 saturated carbocycles. The molecule has 2 aliphatic carbocycles. The van der Waals surface area contributed by atoms with E-state index in [9.17, 15) is 9.90 Å². The Morgan fingerprint density at radius 3 is 2.67 bits per heavy atom. The first kappa shape index (κ1) is 20.4. The highest BCUT2D eigenvalue weighted by Gasteiger charge is 2.33. The number of Topliss-reactive ketones (excluding diaryl/α,β-unsaturated/α-hetero) is 1. The molecule has 0 spiro atoms. The van der Waals surface area contributed by atoms with Crippen LogP contribution in [0.15, 0.2) is 28.9 Å². The van der Waals surface area contributed by atoms with Gasteiger partial charge in [0.25, 0.3) is 0 Å². The first-order valence-corrected chi connectivity index (χ1v) is 12.2. The average molecular weight is 472 g/mol. The Bertz CT molecular complexity index is 937. The topological polar surface area (TPSA) is 65.5 Å². The van der Waals surface area contributed by atoms with Crippen LogP contribution in [0.2, 0.25) is 0 Å². The number of aromatic nitrogens is 1. The van der Waals surface area contributed by atoms with Gasteiger partial charge in [-0.15, -0.1) is 0 Å². The highest BCUT2D eigenvalue weighted by Crippen LogP contribution is 2.38. The SMILES string of the molecule is O=C(c1cnc2ccc(Br)cc2c1NC1CCC(CN2CCC(O)C2)CC1)C1CC1. The molecule has 1 unspecified atom stereocenters. The quantitative estimate of drug-likeness (QED) is 0.601. The number of fused-ring (bicyclic) bond motifs is 1. The zero-order valence-corrected chi connectivity index (χ0v) is 18.9. The zero-order valence-electron chi connectivity index (χ0n) is 17.3. The second-order valence-electron chi connectivity index (χ2n) is 9.41. The summed E-state index contributed by atoms with van der Waals surface area (Å²) in [6.45, 7) is 2.98. The van der Waals surface area contributed by atoms with Gasteiger partial charge in [0.1, 0.15) is 0 Å². The highest BCUT2D eigenvalue weighted by molar-refractivity contribution is 9.10. The van der Waals surface area contributed by atoms with E-state index in [0.29, 0.717) is 12.0 Å². The summed E-state index contributed by atoms with van der Waals surface area (Å²) in [5.74, 6) is 1.14. The lowest BCUT2D eigenvalue weighted by Crippen LogP contribution is -2.33. The van der Waals surface area contributed by atoms with Crippen LogP contribution in [0.25, 0.3) is 10.9 Å². The van der Waals surface area contributed by atoms with Crippen LogP contribution in [-0.2, 0) is 0 Å². The Kier molecular flexibility index (Phi) is 5.82. The van der Waals surface area contributed by atoms with Crippen molar-refractivity contribution in [1.29, 1.82) is 0 Å². The number of ketones is 1. The lowest BCUT2D eigenvalue weighted by molar-refractivity contribution is 0.0968. The first-order chi connectivity index (χ1) is 14.6. The number of pyridine rings is 1. The molecular formula is C24H30BrN3O2. The van der Waals surface area contributed by atoms with Gasteiger partial charge in [-0.2, -0.15) is 0 Å². The Balaban J connectivity index is 1.31. The molecule has 1 aromatic heterocycles. The van der Waals surface area contributed by atoms with Gasteiger partial charge in [-0.25, -0.2) is 0 Å². The number of aliphatic hydroxyl groups excluding tert-OH is 1. The number of nitrogens with one attached hydrogen (secondary N) is 1. The van der Waals surface area contributed by atoms with Gasteiger partial charge in [0.2, 0.25) is 0 Å². The minimum atomic E-state index is -0.135. The number of likely N-dealkylation sites (tertiary alicyclic amines) is 1. The summed E-state index contributed by atoms with van der Waals surface area (Å²) in [6.07, 6.45) is 9.21. The molecule has 1 atom stereocenters. The van der Waals surface area contributed by atoms with Crippen LogP contribution in [0.5, 0.6) is 0 Å². The van der Waals surface area contributed by atoms with Crippen molar-refractivity contribution in [3.8, 4) is 0 Å². The molecule has 2 aromatic rings. The molecular weight excluding hydrogens is 442 g/mol. The van der Waals surface area contributed by atoms with Crippen molar-refractivity contribution in [3.63, 3.8) is 0 Å². The van der Waals surface area contributed by atoms with E-state index in [0.717, 1.165) is 78.4 Å². The molecule has 0 amide bonds. The summed E-state index contributed by atoms with van der Waals surface area (Å²) in [6, 6.07) is 6.48. The van der Waals surface area contributed by atoms with Gasteiger partial charge in [0.05, 0.1) is 22.9 Å². The molecule has 3 fully saturated rings. The molecule has 5 rings (SSSR count). The van der Waals surface area contributed by atoms with Crippen molar-refractivity contribution >= 4 is 38.3 Å². The number of benzene rings is 1. The fraction of sp³-hybridized carbons (Fsp3) is 0.583. The molecule has 5 nitrogen and oxygen atoms in total. The number of anilines is 1. The molecule has 1 aromatic carbocycles. The van der Waals surface area contributed by atoms with Crippen LogP contribution in [0.4, 0.5) is 5.69 Å². The van der Waals surface area contributed by atoms with Crippen LogP contribution in [0.3, 0.4) is 0 Å². The number of carbonyl (C=O) groups is 1. The fourth-order valence-electron chi connectivity index (χ4n) is 5.11. The van der Waals surface area contributed by atoms with Crippen molar-refractivity contribution in [2.75, 3.05) is 25.0 Å². The number of halogens is 1. The fourth-order valence-corrected chi connectivity index (χ4v) is 5.47. The number of hydrogen-bond donors (Lipinski definition) is 2. The predicted molar refractivity (Wildman–Crippen MR) is 123 cm³/mol. The van der Waals surface area contributed by atoms with E-state index in [4.69, 9.17) is 0 Å². The smallest absolute Gasteiger partial charge is 0.169 e. The van der Waals surface area contributed by atoms with Gasteiger partial charge in [0, 0.05) is 47.6 Å². The minimum absolute atomic E-state index is 0.135. The highest BCUT2D eigenvalue weighted by atomic mass is 79.9. The average Bonchev–Trinajstić information content (AvgIpc) is 3.52. The molecule has 1 saturated heterocycles. The third kappa shape index (κ3) is 4.41. The number of hydrogen-bond acceptors (Lipinski definition) is 5. The number of aliphatic hydroxyl groups is 1. The van der Waals surface area contributed by atoms with Crippen LogP contribution >= 0.6 is 15.9 Å². The molecule has 160 valence electrons. The third-order valence-corrected chi connectivity index (χ3v) is 7.50. The lowest BCUT2D eigenvalue weighted by atomic mass is 9.85. The van der Waals surface area contributed by atoms with Crippen LogP contribution in [0, 0.1) is 11.8 Å². The van der Waals surface area contributed by atoms with Gasteiger partial charge >= 0.3 is 0 Å². The van der Waals surface area contributed by atoms with Crippen LogP contribution in [-0.4, -0.2) is 52.6 Å². The standard InChI is InChI=1S/C24H30BrN3O2/c25-17-5-8-22-20(11-17)23(21(12-26-22)24(30)16-3-4-16)27-18-6-1-15(2-7-18)13-28-10-9-19(29)14-28/h5,8,11-12,15-16,18-19,29H,1-4,6-7,9-10,13-14H2,(H,26,27). The maximum atomic E-state index is 13.0. The molecule has 30 heavy (non-hydrogen) atoms. The van der Waals surface area contributed by atoms with Crippen molar-refractivity contribution in [1.82, 2.24) is 9.88 Å². The maximum Gasteiger partial charge on any atom is 0.169 e. The molecule has 1 aliphatic heterocycles. The van der Waals surface area contributed by atoms with E-state index in [1.165, 1.54) is 12.8 Å². The van der Waals surface area contributed by atoms with Crippen LogP contribution in [0.1, 0.15) is 55.3 Å². The third-order valence-electron chi connectivity index (χ3n) is 7.00. The second-order valence-corrected chi connectivity index (χ2v) is 10.3. The van der Waals surface area contributed by atoms with Gasteiger partial charge in [-0.05, 0) is 69.1 Å². The van der Waals surface area contributed by atoms with Crippen LogP contribution < -0.4 is 5.32 Å². The van der Waals surface area contributed by atoms with E-state index in [1.807, 2.05) is 12.1 Å². The van der Waals surface area contributed by atoms with Gasteiger partial charge in [-0.1, -0.05) is 15.9 Å². The molecule has 0 radical (unpaired) electrons. The largest absolute Gasteiger partial charge is 0.392 e. The Morgan fingerprint density at radius 2 is 1.97 bits per heavy atom. The molecule has 2 heterocycles. The van der Waals surface area contributed by atoms with Crippen molar-refractivity contribution in [2.24, 2.45) is 11.8 Å². The Labute approximate surface area is 186 Å². The summed E-state index contributed by atoms with van der Waals surface area (Å²) in [5.41, 5.74) is 2.66. The van der Waals surface area contributed by atoms with Gasteiger partial charge in [-0.3, -0.25) is 9.78 Å². The minimum Gasteiger partial charge on any atom is -0.392 e. The van der Waals surface area contributed by atoms with Gasteiger partial charge < -0.3 is 15.3 Å². The Morgan fingerprint density at radius 1 is 1.17 bits per heavy atom. The first-order valence-electron chi connectivity index (χ1n) is 11.4. The second kappa shape index (κ2) is 8.56. The van der Waals surface area contributed by atoms with E-state index in [-0.39, 0.29) is 17.8 Å². The molecule has 0 bridgehead atoms. The zero-order chi connectivity index (χ0) is 20.7. The van der Waals surface area contributed by atoms with E-state index >= 15 is 0 Å². The summed E-state index contributed by atoms with van der Waals surface area (Å²) >= 11 is 3.59. The van der Waals surface area contributed by atoms with Crippen molar-refractivity contribution in [3.05, 3.63) is 34.4 Å². The summed E-state index contributed by atoms with van der Waals surface area (Å²) < 4.78 is 1.01. The van der Waals surface area contributed by atoms with Gasteiger partial charge in [0.15, 0.2) is 5.78 Å². The number of carbonyl (C=O) groups excluding carboxylic acids is 1. The lowest BCUT2D eigenvalue weighted by Gasteiger charge is -2.32. The molecule has 3 aliphatic rings. The Hall–Kier alpha value is -1.50. The number of β-amino-alcohol motifs (C(OH)–C–C–N with tert-alkyl or cyclic N) is 1. The maximum absolute atomic E-state index is 13.0. The number of rotatable bonds is 6. The van der Waals surface area contributed by atoms with Crippen molar-refractivity contribution in [2.45, 2.75) is 57.1 Å². The van der Waals surface area contributed by atoms with E-state index in [1.54, 1.807) is 6.20 Å². The van der Waals surface area contributed by atoms with E-state index in [2.05, 4.69) is 37.2 Å². The monoisotopic (exact) mass is 471 g/mol. The summed E-state index contributed by atoms with van der Waals surface area (Å²) in [4.78, 5) is 19.9. The number of nitrogens with zero attached hydrogens (tertiary/aromatic N) is 2. The van der Waals surface area contributed by atoms with Crippen molar-refractivity contribution < 1.29 is 9.90 Å². The summed E-state index contributed by atoms with van der Waals surface area (Å²) in [7, 11) is 0.